The maximum atomic E-state index is 12.1. The lowest BCUT2D eigenvalue weighted by atomic mass is 10.2. The molecule has 2 rings (SSSR count). The van der Waals surface area contributed by atoms with E-state index in [1.807, 2.05) is 0 Å². The van der Waals surface area contributed by atoms with E-state index >= 15 is 0 Å². The van der Waals surface area contributed by atoms with Gasteiger partial charge in [0.2, 0.25) is 5.91 Å². The number of rotatable bonds is 4. The van der Waals surface area contributed by atoms with Crippen molar-refractivity contribution >= 4 is 29.2 Å². The number of pyridine rings is 1. The molecule has 1 amide bonds. The van der Waals surface area contributed by atoms with Gasteiger partial charge in [-0.2, -0.15) is 0 Å². The molecule has 7 nitrogen and oxygen atoms in total. The number of anilines is 1. The zero-order valence-electron chi connectivity index (χ0n) is 11.5. The van der Waals surface area contributed by atoms with E-state index in [4.69, 9.17) is 21.1 Å². The molecule has 0 radical (unpaired) electrons. The van der Waals surface area contributed by atoms with Crippen LogP contribution in [0.25, 0.3) is 0 Å². The van der Waals surface area contributed by atoms with Crippen LogP contribution in [0.5, 0.6) is 0 Å². The van der Waals surface area contributed by atoms with Crippen molar-refractivity contribution in [2.75, 3.05) is 38.7 Å². The van der Waals surface area contributed by atoms with Crippen molar-refractivity contribution < 1.29 is 19.1 Å². The number of hydrogen-bond acceptors (Lipinski definition) is 6. The molecular weight excluding hydrogens is 298 g/mol. The first-order valence-corrected chi connectivity index (χ1v) is 6.79. The molecule has 1 aromatic heterocycles. The zero-order chi connectivity index (χ0) is 15.2. The second-order valence-corrected chi connectivity index (χ2v) is 4.83. The molecule has 1 saturated heterocycles. The molecule has 0 aliphatic carbocycles. The number of hydrogen-bond donors (Lipinski definition) is 1. The summed E-state index contributed by atoms with van der Waals surface area (Å²) in [6, 6.07) is 2.76. The van der Waals surface area contributed by atoms with Gasteiger partial charge in [0.1, 0.15) is 6.04 Å². The highest BCUT2D eigenvalue weighted by Crippen LogP contribution is 2.17. The van der Waals surface area contributed by atoms with Crippen LogP contribution in [0.4, 0.5) is 5.69 Å². The topological polar surface area (TPSA) is 80.8 Å². The maximum Gasteiger partial charge on any atom is 0.325 e. The van der Waals surface area contributed by atoms with E-state index in [2.05, 4.69) is 10.3 Å². The Balaban J connectivity index is 1.97. The van der Waals surface area contributed by atoms with Crippen LogP contribution in [-0.2, 0) is 19.1 Å². The lowest BCUT2D eigenvalue weighted by Crippen LogP contribution is -2.52. The molecular formula is C13H16ClN3O4. The van der Waals surface area contributed by atoms with E-state index in [0.717, 1.165) is 0 Å². The Bertz CT molecular complexity index is 526. The summed E-state index contributed by atoms with van der Waals surface area (Å²) >= 11 is 5.88. The van der Waals surface area contributed by atoms with Crippen LogP contribution in [0.2, 0.25) is 5.15 Å². The van der Waals surface area contributed by atoms with Crippen molar-refractivity contribution in [2.24, 2.45) is 0 Å². The third-order valence-corrected chi connectivity index (χ3v) is 3.39. The van der Waals surface area contributed by atoms with Gasteiger partial charge in [-0.25, -0.2) is 4.98 Å². The van der Waals surface area contributed by atoms with Crippen LogP contribution in [0.1, 0.15) is 0 Å². The van der Waals surface area contributed by atoms with Crippen molar-refractivity contribution in [3.63, 3.8) is 0 Å². The third kappa shape index (κ3) is 4.13. The quantitative estimate of drug-likeness (QED) is 0.646. The highest BCUT2D eigenvalue weighted by Gasteiger charge is 2.31. The fraction of sp³-hybridized carbons (Fsp3) is 0.462. The van der Waals surface area contributed by atoms with Crippen molar-refractivity contribution in [1.29, 1.82) is 0 Å². The number of nitrogens with zero attached hydrogens (tertiary/aromatic N) is 2. The molecule has 0 bridgehead atoms. The van der Waals surface area contributed by atoms with Gasteiger partial charge in [0.25, 0.3) is 0 Å². The van der Waals surface area contributed by atoms with Crippen LogP contribution in [0.3, 0.4) is 0 Å². The Morgan fingerprint density at radius 3 is 3.14 bits per heavy atom. The lowest BCUT2D eigenvalue weighted by molar-refractivity contribution is -0.153. The predicted molar refractivity (Wildman–Crippen MR) is 76.1 cm³/mol. The van der Waals surface area contributed by atoms with Gasteiger partial charge in [-0.3, -0.25) is 14.5 Å². The molecule has 2 heterocycles. The molecule has 1 atom stereocenters. The maximum absolute atomic E-state index is 12.1. The normalized spacial score (nSPS) is 19.0. The van der Waals surface area contributed by atoms with Crippen molar-refractivity contribution in [3.8, 4) is 0 Å². The Morgan fingerprint density at radius 2 is 2.43 bits per heavy atom. The number of methoxy groups -OCH3 is 1. The second kappa shape index (κ2) is 7.35. The van der Waals surface area contributed by atoms with Crippen molar-refractivity contribution in [1.82, 2.24) is 9.88 Å². The van der Waals surface area contributed by atoms with Crippen LogP contribution in [-0.4, -0.2) is 61.2 Å². The standard InChI is InChI=1S/C13H16ClN3O4/c1-20-13(19)10-8-21-6-5-17(10)7-11(18)16-9-3-2-4-15-12(9)14/h2-4,10H,5-8H2,1H3,(H,16,18). The molecule has 21 heavy (non-hydrogen) atoms. The van der Waals surface area contributed by atoms with E-state index in [9.17, 15) is 9.59 Å². The molecule has 8 heteroatoms. The smallest absolute Gasteiger partial charge is 0.325 e. The summed E-state index contributed by atoms with van der Waals surface area (Å²) in [5, 5.41) is 2.89. The molecule has 114 valence electrons. The molecule has 0 aromatic carbocycles. The lowest BCUT2D eigenvalue weighted by Gasteiger charge is -2.32. The minimum atomic E-state index is -0.570. The number of morpholine rings is 1. The fourth-order valence-corrected chi connectivity index (χ4v) is 2.20. The van der Waals surface area contributed by atoms with Crippen molar-refractivity contribution in [2.45, 2.75) is 6.04 Å². The van der Waals surface area contributed by atoms with Gasteiger partial charge >= 0.3 is 5.97 Å². The Morgan fingerprint density at radius 1 is 1.62 bits per heavy atom. The number of esters is 1. The number of aromatic nitrogens is 1. The van der Waals surface area contributed by atoms with Gasteiger partial charge in [0, 0.05) is 12.7 Å². The SMILES string of the molecule is COC(=O)C1COCCN1CC(=O)Nc1cccnc1Cl. The Labute approximate surface area is 127 Å². The Hall–Kier alpha value is -1.70. The molecule has 1 fully saturated rings. The van der Waals surface area contributed by atoms with Crippen LogP contribution in [0.15, 0.2) is 18.3 Å². The molecule has 1 aliphatic heterocycles. The monoisotopic (exact) mass is 313 g/mol. The molecule has 1 aromatic rings. The zero-order valence-corrected chi connectivity index (χ0v) is 12.3. The number of nitrogens with one attached hydrogen (secondary N) is 1. The van der Waals surface area contributed by atoms with E-state index in [1.54, 1.807) is 17.0 Å². The second-order valence-electron chi connectivity index (χ2n) is 4.47. The van der Waals surface area contributed by atoms with Gasteiger partial charge in [0.15, 0.2) is 5.15 Å². The summed E-state index contributed by atoms with van der Waals surface area (Å²) in [5.74, 6) is -0.692. The predicted octanol–water partition coefficient (Wildman–Crippen LogP) is 0.547. The summed E-state index contributed by atoms with van der Waals surface area (Å²) in [5.41, 5.74) is 0.437. The van der Waals surface area contributed by atoms with Gasteiger partial charge in [0.05, 0.1) is 32.6 Å². The first-order valence-electron chi connectivity index (χ1n) is 6.42. The van der Waals surface area contributed by atoms with E-state index in [0.29, 0.717) is 18.8 Å². The average molecular weight is 314 g/mol. The first-order chi connectivity index (χ1) is 10.1. The summed E-state index contributed by atoms with van der Waals surface area (Å²) in [6.07, 6.45) is 1.53. The number of halogens is 1. The minimum Gasteiger partial charge on any atom is -0.468 e. The van der Waals surface area contributed by atoms with E-state index in [1.165, 1.54) is 13.3 Å². The van der Waals surface area contributed by atoms with Crippen LogP contribution in [0, 0.1) is 0 Å². The number of carbonyl (C=O) groups excluding carboxylic acids is 2. The number of amides is 1. The number of ether oxygens (including phenoxy) is 2. The van der Waals surface area contributed by atoms with Gasteiger partial charge in [-0.15, -0.1) is 0 Å². The minimum absolute atomic E-state index is 0.0500. The van der Waals surface area contributed by atoms with Crippen LogP contribution >= 0.6 is 11.6 Å². The molecule has 1 aliphatic rings. The van der Waals surface area contributed by atoms with Crippen LogP contribution < -0.4 is 5.32 Å². The Kier molecular flexibility index (Phi) is 5.49. The van der Waals surface area contributed by atoms with Gasteiger partial charge in [-0.05, 0) is 12.1 Å². The van der Waals surface area contributed by atoms with Gasteiger partial charge < -0.3 is 14.8 Å². The average Bonchev–Trinajstić information content (AvgIpc) is 2.49. The summed E-state index contributed by atoms with van der Waals surface area (Å²) in [7, 11) is 1.31. The number of carbonyl (C=O) groups is 2. The highest BCUT2D eigenvalue weighted by atomic mass is 35.5. The summed E-state index contributed by atoms with van der Waals surface area (Å²) in [6.45, 7) is 1.21. The molecule has 0 spiro atoms. The largest absolute Gasteiger partial charge is 0.468 e. The van der Waals surface area contributed by atoms with E-state index in [-0.39, 0.29) is 24.2 Å². The van der Waals surface area contributed by atoms with Crippen molar-refractivity contribution in [3.05, 3.63) is 23.5 Å². The molecule has 1 unspecified atom stereocenters. The summed E-state index contributed by atoms with van der Waals surface area (Å²) < 4.78 is 9.96. The first kappa shape index (κ1) is 15.7. The summed E-state index contributed by atoms with van der Waals surface area (Å²) in [4.78, 5) is 29.3. The van der Waals surface area contributed by atoms with E-state index < -0.39 is 12.0 Å². The van der Waals surface area contributed by atoms with Gasteiger partial charge in [-0.1, -0.05) is 11.6 Å². The fourth-order valence-electron chi connectivity index (χ4n) is 2.03. The highest BCUT2D eigenvalue weighted by molar-refractivity contribution is 6.32. The third-order valence-electron chi connectivity index (χ3n) is 3.09. The molecule has 0 saturated carbocycles. The molecule has 1 N–H and O–H groups in total.